The molecule has 18 heavy (non-hydrogen) atoms. The van der Waals surface area contributed by atoms with Crippen LogP contribution in [-0.2, 0) is 4.74 Å². The maximum Gasteiger partial charge on any atom is 0.124 e. The molecule has 3 nitrogen and oxygen atoms in total. The van der Waals surface area contributed by atoms with Gasteiger partial charge in [-0.2, -0.15) is 0 Å². The maximum absolute atomic E-state index is 5.97. The molecule has 0 saturated heterocycles. The minimum absolute atomic E-state index is 0.0626. The Hall–Kier alpha value is -1.06. The number of hydrogen-bond acceptors (Lipinski definition) is 3. The van der Waals surface area contributed by atoms with Gasteiger partial charge in [-0.15, -0.1) is 0 Å². The number of benzene rings is 1. The summed E-state index contributed by atoms with van der Waals surface area (Å²) in [5.74, 6) is 0.900. The smallest absolute Gasteiger partial charge is 0.124 e. The lowest BCUT2D eigenvalue weighted by Gasteiger charge is -2.20. The summed E-state index contributed by atoms with van der Waals surface area (Å²) in [7, 11) is 1.70. The number of likely N-dealkylation sites (N-methyl/N-ethyl adjacent to an activating group) is 1. The van der Waals surface area contributed by atoms with Gasteiger partial charge in [-0.05, 0) is 19.0 Å². The van der Waals surface area contributed by atoms with Crippen LogP contribution >= 0.6 is 0 Å². The molecule has 3 heteroatoms. The highest BCUT2D eigenvalue weighted by molar-refractivity contribution is 5.35. The Bertz CT molecular complexity index is 328. The zero-order chi connectivity index (χ0) is 13.2. The van der Waals surface area contributed by atoms with E-state index in [4.69, 9.17) is 9.47 Å². The van der Waals surface area contributed by atoms with Crippen LogP contribution < -0.4 is 10.1 Å². The van der Waals surface area contributed by atoms with Gasteiger partial charge in [0.25, 0.3) is 0 Å². The first kappa shape index (κ1) is 15.0. The fourth-order valence-corrected chi connectivity index (χ4v) is 1.84. The molecule has 1 aromatic rings. The van der Waals surface area contributed by atoms with E-state index in [1.165, 1.54) is 0 Å². The standard InChI is InChI=1S/C15H25NO2/c1-4-6-11-18-15(12-16-5-2)13-9-7-8-10-14(13)17-3/h7-10,15-16H,4-6,11-12H2,1-3H3. The van der Waals surface area contributed by atoms with Gasteiger partial charge in [-0.3, -0.25) is 0 Å². The highest BCUT2D eigenvalue weighted by Gasteiger charge is 2.15. The average molecular weight is 251 g/mol. The van der Waals surface area contributed by atoms with Gasteiger partial charge < -0.3 is 14.8 Å². The van der Waals surface area contributed by atoms with E-state index in [0.29, 0.717) is 0 Å². The summed E-state index contributed by atoms with van der Waals surface area (Å²) in [6.07, 6.45) is 2.31. The van der Waals surface area contributed by atoms with E-state index >= 15 is 0 Å². The lowest BCUT2D eigenvalue weighted by atomic mass is 10.1. The molecular formula is C15H25NO2. The summed E-state index contributed by atoms with van der Waals surface area (Å²) >= 11 is 0. The van der Waals surface area contributed by atoms with Crippen LogP contribution in [0.5, 0.6) is 5.75 Å². The van der Waals surface area contributed by atoms with Crippen molar-refractivity contribution in [2.45, 2.75) is 32.8 Å². The predicted molar refractivity (Wildman–Crippen MR) is 75.1 cm³/mol. The molecule has 0 fully saturated rings. The molecule has 0 amide bonds. The fraction of sp³-hybridized carbons (Fsp3) is 0.600. The molecule has 1 unspecified atom stereocenters. The van der Waals surface area contributed by atoms with Crippen LogP contribution in [0, 0.1) is 0 Å². The van der Waals surface area contributed by atoms with Gasteiger partial charge in [-0.25, -0.2) is 0 Å². The van der Waals surface area contributed by atoms with Crippen LogP contribution in [0.4, 0.5) is 0 Å². The third-order valence-electron chi connectivity index (χ3n) is 2.88. The van der Waals surface area contributed by atoms with Crippen LogP contribution in [0.2, 0.25) is 0 Å². The SMILES string of the molecule is CCCCOC(CNCC)c1ccccc1OC. The molecule has 1 atom stereocenters. The first-order chi connectivity index (χ1) is 8.83. The van der Waals surface area contributed by atoms with Crippen molar-refractivity contribution in [2.24, 2.45) is 0 Å². The number of rotatable bonds is 9. The first-order valence-electron chi connectivity index (χ1n) is 6.78. The Labute approximate surface area is 110 Å². The van der Waals surface area contributed by atoms with Crippen LogP contribution in [-0.4, -0.2) is 26.8 Å². The summed E-state index contributed by atoms with van der Waals surface area (Å²) in [6.45, 7) is 6.84. The molecule has 1 rings (SSSR count). The van der Waals surface area contributed by atoms with Gasteiger partial charge in [0.1, 0.15) is 5.75 Å². The molecule has 0 aromatic heterocycles. The van der Waals surface area contributed by atoms with Crippen molar-refractivity contribution in [1.82, 2.24) is 5.32 Å². The van der Waals surface area contributed by atoms with Crippen molar-refractivity contribution in [1.29, 1.82) is 0 Å². The van der Waals surface area contributed by atoms with Gasteiger partial charge in [0, 0.05) is 18.7 Å². The van der Waals surface area contributed by atoms with E-state index in [1.54, 1.807) is 7.11 Å². The minimum atomic E-state index is 0.0626. The first-order valence-corrected chi connectivity index (χ1v) is 6.78. The quantitative estimate of drug-likeness (QED) is 0.684. The second-order valence-electron chi connectivity index (χ2n) is 4.26. The van der Waals surface area contributed by atoms with E-state index < -0.39 is 0 Å². The van der Waals surface area contributed by atoms with Gasteiger partial charge in [0.15, 0.2) is 0 Å². The Morgan fingerprint density at radius 2 is 2.00 bits per heavy atom. The zero-order valence-corrected chi connectivity index (χ0v) is 11.7. The number of hydrogen-bond donors (Lipinski definition) is 1. The lowest BCUT2D eigenvalue weighted by Crippen LogP contribution is -2.23. The predicted octanol–water partition coefficient (Wildman–Crippen LogP) is 3.16. The zero-order valence-electron chi connectivity index (χ0n) is 11.7. The van der Waals surface area contributed by atoms with E-state index in [9.17, 15) is 0 Å². The van der Waals surface area contributed by atoms with Crippen LogP contribution in [0.15, 0.2) is 24.3 Å². The topological polar surface area (TPSA) is 30.5 Å². The van der Waals surface area contributed by atoms with Gasteiger partial charge in [0.05, 0.1) is 13.2 Å². The largest absolute Gasteiger partial charge is 0.496 e. The summed E-state index contributed by atoms with van der Waals surface area (Å²) in [5.41, 5.74) is 1.12. The number of para-hydroxylation sites is 1. The molecule has 0 heterocycles. The molecule has 0 radical (unpaired) electrons. The molecule has 0 spiro atoms. The summed E-state index contributed by atoms with van der Waals surface area (Å²) in [6, 6.07) is 8.07. The molecule has 1 aromatic carbocycles. The van der Waals surface area contributed by atoms with E-state index in [-0.39, 0.29) is 6.10 Å². The van der Waals surface area contributed by atoms with E-state index in [0.717, 1.165) is 43.9 Å². The minimum Gasteiger partial charge on any atom is -0.496 e. The molecule has 1 N–H and O–H groups in total. The van der Waals surface area contributed by atoms with Crippen molar-refractivity contribution in [3.63, 3.8) is 0 Å². The Morgan fingerprint density at radius 1 is 1.22 bits per heavy atom. The average Bonchev–Trinajstić information content (AvgIpc) is 2.42. The lowest BCUT2D eigenvalue weighted by molar-refractivity contribution is 0.0494. The van der Waals surface area contributed by atoms with Crippen molar-refractivity contribution in [2.75, 3.05) is 26.8 Å². The fourth-order valence-electron chi connectivity index (χ4n) is 1.84. The molecule has 0 aliphatic heterocycles. The molecule has 0 aliphatic rings. The molecular weight excluding hydrogens is 226 g/mol. The Kier molecular flexibility index (Phi) is 7.46. The van der Waals surface area contributed by atoms with Gasteiger partial charge in [-0.1, -0.05) is 38.5 Å². The van der Waals surface area contributed by atoms with E-state index in [1.807, 2.05) is 18.2 Å². The molecule has 0 aliphatic carbocycles. The molecule has 0 saturated carbocycles. The van der Waals surface area contributed by atoms with Gasteiger partial charge >= 0.3 is 0 Å². The normalized spacial score (nSPS) is 12.4. The molecule has 0 bridgehead atoms. The van der Waals surface area contributed by atoms with Crippen molar-refractivity contribution < 1.29 is 9.47 Å². The monoisotopic (exact) mass is 251 g/mol. The Morgan fingerprint density at radius 3 is 2.67 bits per heavy atom. The third kappa shape index (κ3) is 4.67. The van der Waals surface area contributed by atoms with Gasteiger partial charge in [0.2, 0.25) is 0 Å². The van der Waals surface area contributed by atoms with Crippen LogP contribution in [0.25, 0.3) is 0 Å². The highest BCUT2D eigenvalue weighted by Crippen LogP contribution is 2.27. The number of nitrogens with one attached hydrogen (secondary N) is 1. The summed E-state index contributed by atoms with van der Waals surface area (Å²) in [4.78, 5) is 0. The third-order valence-corrected chi connectivity index (χ3v) is 2.88. The van der Waals surface area contributed by atoms with Crippen molar-refractivity contribution >= 4 is 0 Å². The summed E-state index contributed by atoms with van der Waals surface area (Å²) in [5, 5.41) is 3.34. The molecule has 102 valence electrons. The number of methoxy groups -OCH3 is 1. The summed E-state index contributed by atoms with van der Waals surface area (Å²) < 4.78 is 11.4. The number of ether oxygens (including phenoxy) is 2. The van der Waals surface area contributed by atoms with Crippen molar-refractivity contribution in [3.8, 4) is 5.75 Å². The van der Waals surface area contributed by atoms with Crippen molar-refractivity contribution in [3.05, 3.63) is 29.8 Å². The maximum atomic E-state index is 5.97. The number of unbranched alkanes of at least 4 members (excludes halogenated alkanes) is 1. The van der Waals surface area contributed by atoms with Crippen LogP contribution in [0.1, 0.15) is 38.4 Å². The second kappa shape index (κ2) is 8.95. The highest BCUT2D eigenvalue weighted by atomic mass is 16.5. The second-order valence-corrected chi connectivity index (χ2v) is 4.26. The van der Waals surface area contributed by atoms with Crippen LogP contribution in [0.3, 0.4) is 0 Å². The van der Waals surface area contributed by atoms with E-state index in [2.05, 4.69) is 25.2 Å². The Balaban J connectivity index is 2.72.